The van der Waals surface area contributed by atoms with Crippen molar-refractivity contribution in [2.24, 2.45) is 0 Å². The molecule has 34 heavy (non-hydrogen) atoms. The van der Waals surface area contributed by atoms with Gasteiger partial charge in [-0.1, -0.05) is 29.3 Å². The second-order valence-corrected chi connectivity index (χ2v) is 8.22. The van der Waals surface area contributed by atoms with Crippen LogP contribution in [0.3, 0.4) is 0 Å². The van der Waals surface area contributed by atoms with Crippen LogP contribution in [0, 0.1) is 6.92 Å². The van der Waals surface area contributed by atoms with E-state index in [1.54, 1.807) is 29.1 Å². The van der Waals surface area contributed by atoms with Crippen molar-refractivity contribution in [1.82, 2.24) is 24.5 Å². The van der Waals surface area contributed by atoms with E-state index in [4.69, 9.17) is 23.2 Å². The molecule has 3 heterocycles. The molecule has 0 atom stereocenters. The Balaban J connectivity index is 1.52. The van der Waals surface area contributed by atoms with Crippen molar-refractivity contribution in [2.75, 3.05) is 5.32 Å². The van der Waals surface area contributed by atoms with Gasteiger partial charge in [0.1, 0.15) is 12.2 Å². The number of nitrogens with one attached hydrogen (secondary N) is 1. The monoisotopic (exact) mass is 514 g/mol. The summed E-state index contributed by atoms with van der Waals surface area (Å²) in [6.45, 7) is 1.39. The van der Waals surface area contributed by atoms with Crippen LogP contribution in [0.25, 0.3) is 11.0 Å². The first-order valence-corrected chi connectivity index (χ1v) is 10.6. The van der Waals surface area contributed by atoms with Gasteiger partial charge in [0.2, 0.25) is 5.91 Å². The minimum absolute atomic E-state index is 0.0540. The number of aryl methyl sites for hydroxylation is 1. The maximum Gasteiger partial charge on any atom is 0.280 e. The van der Waals surface area contributed by atoms with Gasteiger partial charge in [0.25, 0.3) is 12.9 Å². The zero-order valence-corrected chi connectivity index (χ0v) is 19.0. The highest BCUT2D eigenvalue weighted by Crippen LogP contribution is 2.32. The molecule has 1 N–H and O–H groups in total. The molecule has 4 aromatic rings. The van der Waals surface area contributed by atoms with Crippen molar-refractivity contribution < 1.29 is 22.4 Å². The number of pyridine rings is 1. The third-order valence-corrected chi connectivity index (χ3v) is 5.66. The summed E-state index contributed by atoms with van der Waals surface area (Å²) in [5.41, 5.74) is -0.268. The number of anilines is 1. The number of carbonyl (C=O) groups is 1. The third kappa shape index (κ3) is 5.00. The SMILES string of the molecule is Cc1nn(CC(=O)Nc2cnn(Cc3ccc(Cl)c(Cl)c3)c2)c2nc(C(F)F)cc(C(F)F)c12. The minimum Gasteiger partial charge on any atom is -0.322 e. The lowest BCUT2D eigenvalue weighted by Gasteiger charge is -2.08. The summed E-state index contributed by atoms with van der Waals surface area (Å²) in [7, 11) is 0. The van der Waals surface area contributed by atoms with E-state index >= 15 is 0 Å². The smallest absolute Gasteiger partial charge is 0.280 e. The Morgan fingerprint density at radius 3 is 2.56 bits per heavy atom. The predicted molar refractivity (Wildman–Crippen MR) is 119 cm³/mol. The summed E-state index contributed by atoms with van der Waals surface area (Å²) >= 11 is 11.9. The molecule has 7 nitrogen and oxygen atoms in total. The second-order valence-electron chi connectivity index (χ2n) is 7.40. The Labute approximate surface area is 200 Å². The van der Waals surface area contributed by atoms with E-state index in [0.29, 0.717) is 28.3 Å². The zero-order valence-electron chi connectivity index (χ0n) is 17.4. The van der Waals surface area contributed by atoms with Gasteiger partial charge >= 0.3 is 0 Å². The van der Waals surface area contributed by atoms with Gasteiger partial charge in [-0.15, -0.1) is 0 Å². The quantitative estimate of drug-likeness (QED) is 0.316. The van der Waals surface area contributed by atoms with Gasteiger partial charge in [0.05, 0.1) is 39.6 Å². The molecule has 0 saturated carbocycles. The predicted octanol–water partition coefficient (Wildman–Crippen LogP) is 5.81. The van der Waals surface area contributed by atoms with Gasteiger partial charge < -0.3 is 5.32 Å². The van der Waals surface area contributed by atoms with Crippen LogP contribution in [0.2, 0.25) is 10.0 Å². The molecule has 0 bridgehead atoms. The number of alkyl halides is 4. The van der Waals surface area contributed by atoms with Gasteiger partial charge in [0.15, 0.2) is 5.65 Å². The lowest BCUT2D eigenvalue weighted by atomic mass is 10.1. The van der Waals surface area contributed by atoms with Gasteiger partial charge in [-0.05, 0) is 30.7 Å². The highest BCUT2D eigenvalue weighted by Gasteiger charge is 2.24. The molecule has 0 saturated heterocycles. The highest BCUT2D eigenvalue weighted by molar-refractivity contribution is 6.42. The van der Waals surface area contributed by atoms with Crippen LogP contribution < -0.4 is 5.32 Å². The van der Waals surface area contributed by atoms with Crippen LogP contribution >= 0.6 is 23.2 Å². The molecule has 0 unspecified atom stereocenters. The first kappa shape index (κ1) is 24.0. The van der Waals surface area contributed by atoms with Gasteiger partial charge in [-0.2, -0.15) is 10.2 Å². The fourth-order valence-corrected chi connectivity index (χ4v) is 3.80. The van der Waals surface area contributed by atoms with Crippen LogP contribution in [-0.4, -0.2) is 30.5 Å². The van der Waals surface area contributed by atoms with Crippen LogP contribution in [0.4, 0.5) is 23.2 Å². The number of amides is 1. The van der Waals surface area contributed by atoms with Crippen molar-refractivity contribution in [3.05, 3.63) is 69.2 Å². The fourth-order valence-electron chi connectivity index (χ4n) is 3.48. The normalized spacial score (nSPS) is 11.7. The number of rotatable bonds is 7. The lowest BCUT2D eigenvalue weighted by Crippen LogP contribution is -2.19. The summed E-state index contributed by atoms with van der Waals surface area (Å²) in [6, 6.07) is 5.81. The zero-order chi connectivity index (χ0) is 24.6. The number of benzene rings is 1. The van der Waals surface area contributed by atoms with E-state index < -0.39 is 36.6 Å². The van der Waals surface area contributed by atoms with Crippen molar-refractivity contribution in [2.45, 2.75) is 32.9 Å². The van der Waals surface area contributed by atoms with Crippen LogP contribution in [0.1, 0.15) is 35.4 Å². The second kappa shape index (κ2) is 9.59. The Hall–Kier alpha value is -3.18. The van der Waals surface area contributed by atoms with Crippen LogP contribution in [0.15, 0.2) is 36.7 Å². The lowest BCUT2D eigenvalue weighted by molar-refractivity contribution is -0.116. The summed E-state index contributed by atoms with van der Waals surface area (Å²) in [5.74, 6) is -0.568. The Morgan fingerprint density at radius 1 is 1.12 bits per heavy atom. The number of halogens is 6. The molecule has 0 aliphatic carbocycles. The molecule has 0 fully saturated rings. The number of hydrogen-bond acceptors (Lipinski definition) is 4. The van der Waals surface area contributed by atoms with Crippen LogP contribution in [0.5, 0.6) is 0 Å². The molecule has 1 amide bonds. The average molecular weight is 515 g/mol. The number of fused-ring (bicyclic) bond motifs is 1. The average Bonchev–Trinajstić information content (AvgIpc) is 3.33. The molecule has 3 aromatic heterocycles. The number of carbonyl (C=O) groups excluding carboxylic acids is 1. The molecule has 13 heteroatoms. The molecular weight excluding hydrogens is 499 g/mol. The van der Waals surface area contributed by atoms with Crippen molar-refractivity contribution in [1.29, 1.82) is 0 Å². The molecule has 178 valence electrons. The largest absolute Gasteiger partial charge is 0.322 e. The maximum atomic E-state index is 13.5. The minimum atomic E-state index is -3.05. The molecule has 0 aliphatic rings. The van der Waals surface area contributed by atoms with E-state index in [-0.39, 0.29) is 16.7 Å². The van der Waals surface area contributed by atoms with E-state index in [9.17, 15) is 22.4 Å². The van der Waals surface area contributed by atoms with E-state index in [1.807, 2.05) is 0 Å². The molecule has 1 aromatic carbocycles. The number of nitrogens with zero attached hydrogens (tertiary/aromatic N) is 5. The van der Waals surface area contributed by atoms with E-state index in [1.165, 1.54) is 13.1 Å². The Kier molecular flexibility index (Phi) is 6.76. The summed E-state index contributed by atoms with van der Waals surface area (Å²) in [4.78, 5) is 16.3. The molecule has 0 aliphatic heterocycles. The first-order valence-electron chi connectivity index (χ1n) is 9.83. The van der Waals surface area contributed by atoms with Crippen LogP contribution in [-0.2, 0) is 17.9 Å². The fraction of sp³-hybridized carbons (Fsp3) is 0.238. The van der Waals surface area contributed by atoms with E-state index in [0.717, 1.165) is 10.2 Å². The Bertz CT molecular complexity index is 1370. The van der Waals surface area contributed by atoms with Gasteiger partial charge in [-0.25, -0.2) is 27.2 Å². The van der Waals surface area contributed by atoms with Crippen molar-refractivity contribution in [3.63, 3.8) is 0 Å². The highest BCUT2D eigenvalue weighted by atomic mass is 35.5. The summed E-state index contributed by atoms with van der Waals surface area (Å²) < 4.78 is 55.9. The van der Waals surface area contributed by atoms with E-state index in [2.05, 4.69) is 20.5 Å². The summed E-state index contributed by atoms with van der Waals surface area (Å²) in [6.07, 6.45) is -3.06. The third-order valence-electron chi connectivity index (χ3n) is 4.93. The topological polar surface area (TPSA) is 77.6 Å². The Morgan fingerprint density at radius 2 is 1.88 bits per heavy atom. The van der Waals surface area contributed by atoms with Gasteiger partial charge in [0, 0.05) is 11.8 Å². The maximum absolute atomic E-state index is 13.5. The van der Waals surface area contributed by atoms with Crippen molar-refractivity contribution >= 4 is 45.8 Å². The van der Waals surface area contributed by atoms with Gasteiger partial charge in [-0.3, -0.25) is 9.48 Å². The first-order chi connectivity index (χ1) is 16.1. The molecule has 4 rings (SSSR count). The number of aromatic nitrogens is 5. The molecule has 0 spiro atoms. The molecule has 0 radical (unpaired) electrons. The standard InChI is InChI=1S/C21H16Cl2F4N6O/c1-10-18-13(19(24)25)5-16(20(26)27)30-21(18)33(31-10)9-17(34)29-12-6-28-32(8-12)7-11-2-3-14(22)15(23)4-11/h2-6,8,19-20H,7,9H2,1H3,(H,29,34). The molecular formula is C21H16Cl2F4N6O. The number of hydrogen-bond donors (Lipinski definition) is 1. The van der Waals surface area contributed by atoms with Crippen molar-refractivity contribution in [3.8, 4) is 0 Å². The summed E-state index contributed by atoms with van der Waals surface area (Å²) in [5, 5.41) is 11.6.